The topological polar surface area (TPSA) is 111 Å². The van der Waals surface area contributed by atoms with Crippen molar-refractivity contribution in [3.8, 4) is 11.3 Å². The van der Waals surface area contributed by atoms with Crippen molar-refractivity contribution >= 4 is 17.9 Å². The Morgan fingerprint density at radius 3 is 2.63 bits per heavy atom. The molecular formula is C18H27N7O2. The number of piperidine rings is 1. The molecule has 0 radical (unpaired) electrons. The lowest BCUT2D eigenvalue weighted by Gasteiger charge is -2.33. The number of nitrogens with two attached hydrogens (primary N) is 1. The monoisotopic (exact) mass is 373 g/mol. The van der Waals surface area contributed by atoms with Gasteiger partial charge in [0, 0.05) is 32.4 Å². The third-order valence-corrected chi connectivity index (χ3v) is 4.40. The van der Waals surface area contributed by atoms with E-state index < -0.39 is 5.60 Å². The molecule has 1 aliphatic rings. The normalized spacial score (nSPS) is 15.6. The van der Waals surface area contributed by atoms with Crippen molar-refractivity contribution in [2.45, 2.75) is 45.3 Å². The SMILES string of the molecule is Cn1ncc(-c2ccnc(NC3CCN(C(=O)OC(C)(C)C)CC3)n2)c1N. The zero-order valence-electron chi connectivity index (χ0n) is 16.3. The van der Waals surface area contributed by atoms with Crippen molar-refractivity contribution in [2.24, 2.45) is 7.05 Å². The average Bonchev–Trinajstić information content (AvgIpc) is 2.93. The maximum atomic E-state index is 12.2. The van der Waals surface area contributed by atoms with Crippen LogP contribution in [-0.2, 0) is 11.8 Å². The number of rotatable bonds is 3. The molecule has 27 heavy (non-hydrogen) atoms. The molecule has 2 aromatic rings. The molecule has 0 unspecified atom stereocenters. The molecule has 3 N–H and O–H groups in total. The third kappa shape index (κ3) is 4.66. The Kier molecular flexibility index (Phi) is 5.20. The molecule has 0 spiro atoms. The molecule has 3 heterocycles. The van der Waals surface area contributed by atoms with Gasteiger partial charge in [0.25, 0.3) is 0 Å². The van der Waals surface area contributed by atoms with E-state index in [0.717, 1.165) is 24.1 Å². The molecule has 1 aliphatic heterocycles. The smallest absolute Gasteiger partial charge is 0.410 e. The summed E-state index contributed by atoms with van der Waals surface area (Å²) in [6, 6.07) is 2.01. The number of hydrogen-bond acceptors (Lipinski definition) is 7. The zero-order valence-corrected chi connectivity index (χ0v) is 16.3. The molecule has 3 rings (SSSR count). The van der Waals surface area contributed by atoms with Crippen LogP contribution >= 0.6 is 0 Å². The maximum absolute atomic E-state index is 12.2. The van der Waals surface area contributed by atoms with Crippen molar-refractivity contribution in [1.29, 1.82) is 0 Å². The van der Waals surface area contributed by atoms with E-state index in [1.54, 1.807) is 29.0 Å². The molecule has 0 aromatic carbocycles. The van der Waals surface area contributed by atoms with E-state index in [2.05, 4.69) is 20.4 Å². The van der Waals surface area contributed by atoms with Crippen molar-refractivity contribution in [3.05, 3.63) is 18.5 Å². The van der Waals surface area contributed by atoms with Gasteiger partial charge in [0.1, 0.15) is 11.4 Å². The summed E-state index contributed by atoms with van der Waals surface area (Å²) in [4.78, 5) is 22.8. The molecule has 2 aromatic heterocycles. The number of amides is 1. The van der Waals surface area contributed by atoms with E-state index in [9.17, 15) is 4.79 Å². The lowest BCUT2D eigenvalue weighted by Crippen LogP contribution is -2.44. The van der Waals surface area contributed by atoms with Gasteiger partial charge in [-0.2, -0.15) is 5.10 Å². The number of carbonyl (C=O) groups is 1. The van der Waals surface area contributed by atoms with E-state index in [1.807, 2.05) is 26.8 Å². The van der Waals surface area contributed by atoms with Crippen LogP contribution in [0.1, 0.15) is 33.6 Å². The van der Waals surface area contributed by atoms with Crippen LogP contribution in [0.4, 0.5) is 16.6 Å². The fraction of sp³-hybridized carbons (Fsp3) is 0.556. The first-order valence-corrected chi connectivity index (χ1v) is 9.08. The molecule has 1 amide bonds. The fourth-order valence-corrected chi connectivity index (χ4v) is 2.94. The van der Waals surface area contributed by atoms with Crippen molar-refractivity contribution in [1.82, 2.24) is 24.6 Å². The highest BCUT2D eigenvalue weighted by Crippen LogP contribution is 2.24. The van der Waals surface area contributed by atoms with Crippen molar-refractivity contribution in [2.75, 3.05) is 24.1 Å². The number of carbonyl (C=O) groups excluding carboxylic acids is 1. The van der Waals surface area contributed by atoms with Gasteiger partial charge in [0.2, 0.25) is 5.95 Å². The first-order valence-electron chi connectivity index (χ1n) is 9.08. The molecule has 146 valence electrons. The minimum atomic E-state index is -0.478. The van der Waals surface area contributed by atoms with E-state index in [1.165, 1.54) is 0 Å². The lowest BCUT2D eigenvalue weighted by molar-refractivity contribution is 0.0210. The second-order valence-corrected chi connectivity index (χ2v) is 7.72. The number of likely N-dealkylation sites (tertiary alicyclic amines) is 1. The number of ether oxygens (including phenoxy) is 1. The number of nitrogen functional groups attached to an aromatic ring is 1. The Labute approximate surface area is 158 Å². The molecule has 9 heteroatoms. The van der Waals surface area contributed by atoms with Crippen LogP contribution in [-0.4, -0.2) is 55.5 Å². The molecular weight excluding hydrogens is 346 g/mol. The highest BCUT2D eigenvalue weighted by atomic mass is 16.6. The second kappa shape index (κ2) is 7.42. The van der Waals surface area contributed by atoms with Gasteiger partial charge in [0.05, 0.1) is 17.5 Å². The summed E-state index contributed by atoms with van der Waals surface area (Å²) in [7, 11) is 1.79. The highest BCUT2D eigenvalue weighted by Gasteiger charge is 2.27. The summed E-state index contributed by atoms with van der Waals surface area (Å²) >= 11 is 0. The minimum absolute atomic E-state index is 0.199. The Morgan fingerprint density at radius 1 is 1.33 bits per heavy atom. The molecule has 0 aliphatic carbocycles. The van der Waals surface area contributed by atoms with Crippen molar-refractivity contribution < 1.29 is 9.53 Å². The van der Waals surface area contributed by atoms with Crippen LogP contribution in [0.15, 0.2) is 18.5 Å². The summed E-state index contributed by atoms with van der Waals surface area (Å²) < 4.78 is 7.04. The predicted octanol–water partition coefficient (Wildman–Crippen LogP) is 2.27. The predicted molar refractivity (Wildman–Crippen MR) is 103 cm³/mol. The van der Waals surface area contributed by atoms with Gasteiger partial charge in [-0.05, 0) is 39.7 Å². The standard InChI is InChI=1S/C18H27N7O2/c1-18(2,3)27-17(26)25-9-6-12(7-10-25)22-16-20-8-5-14(23-16)13-11-21-24(4)15(13)19/h5,8,11-12H,6-7,9-10,19H2,1-4H3,(H,20,22,23). The number of aryl methyl sites for hydroxylation is 1. The van der Waals surface area contributed by atoms with Crippen LogP contribution in [0.5, 0.6) is 0 Å². The number of hydrogen-bond donors (Lipinski definition) is 2. The molecule has 9 nitrogen and oxygen atoms in total. The van der Waals surface area contributed by atoms with Crippen LogP contribution in [0, 0.1) is 0 Å². The van der Waals surface area contributed by atoms with Crippen LogP contribution < -0.4 is 11.1 Å². The first kappa shape index (κ1) is 18.9. The number of aromatic nitrogens is 4. The molecule has 1 fully saturated rings. The summed E-state index contributed by atoms with van der Waals surface area (Å²) in [6.45, 7) is 6.90. The molecule has 0 atom stereocenters. The van der Waals surface area contributed by atoms with E-state index in [4.69, 9.17) is 10.5 Å². The van der Waals surface area contributed by atoms with Crippen molar-refractivity contribution in [3.63, 3.8) is 0 Å². The Balaban J connectivity index is 1.59. The first-order chi connectivity index (χ1) is 12.7. The van der Waals surface area contributed by atoms with Gasteiger partial charge in [-0.15, -0.1) is 0 Å². The summed E-state index contributed by atoms with van der Waals surface area (Å²) in [5, 5.41) is 7.51. The fourth-order valence-electron chi connectivity index (χ4n) is 2.94. The Hall–Kier alpha value is -2.84. The van der Waals surface area contributed by atoms with Gasteiger partial charge in [-0.25, -0.2) is 14.8 Å². The highest BCUT2D eigenvalue weighted by molar-refractivity contribution is 5.71. The Morgan fingerprint density at radius 2 is 2.04 bits per heavy atom. The second-order valence-electron chi connectivity index (χ2n) is 7.72. The van der Waals surface area contributed by atoms with E-state index >= 15 is 0 Å². The van der Waals surface area contributed by atoms with Gasteiger partial charge >= 0.3 is 6.09 Å². The van der Waals surface area contributed by atoms with Gasteiger partial charge in [-0.3, -0.25) is 4.68 Å². The van der Waals surface area contributed by atoms with Crippen LogP contribution in [0.3, 0.4) is 0 Å². The molecule has 1 saturated heterocycles. The number of anilines is 2. The van der Waals surface area contributed by atoms with E-state index in [0.29, 0.717) is 24.9 Å². The van der Waals surface area contributed by atoms with Crippen LogP contribution in [0.25, 0.3) is 11.3 Å². The summed E-state index contributed by atoms with van der Waals surface area (Å²) in [6.07, 6.45) is 4.75. The zero-order chi connectivity index (χ0) is 19.6. The summed E-state index contributed by atoms with van der Waals surface area (Å²) in [5.41, 5.74) is 7.06. The third-order valence-electron chi connectivity index (χ3n) is 4.40. The largest absolute Gasteiger partial charge is 0.444 e. The molecule has 0 saturated carbocycles. The minimum Gasteiger partial charge on any atom is -0.444 e. The maximum Gasteiger partial charge on any atom is 0.410 e. The number of nitrogens with one attached hydrogen (secondary N) is 1. The van der Waals surface area contributed by atoms with Gasteiger partial charge in [-0.1, -0.05) is 0 Å². The van der Waals surface area contributed by atoms with Crippen LogP contribution in [0.2, 0.25) is 0 Å². The Bertz CT molecular complexity index is 804. The van der Waals surface area contributed by atoms with Gasteiger partial charge in [0.15, 0.2) is 0 Å². The summed E-state index contributed by atoms with van der Waals surface area (Å²) in [5.74, 6) is 1.11. The lowest BCUT2D eigenvalue weighted by atomic mass is 10.1. The number of nitrogens with zero attached hydrogens (tertiary/aromatic N) is 5. The van der Waals surface area contributed by atoms with Gasteiger partial charge < -0.3 is 20.7 Å². The van der Waals surface area contributed by atoms with E-state index in [-0.39, 0.29) is 12.1 Å². The molecule has 0 bridgehead atoms. The average molecular weight is 373 g/mol. The quantitative estimate of drug-likeness (QED) is 0.849.